The molecule has 0 spiro atoms. The van der Waals surface area contributed by atoms with Gasteiger partial charge in [-0.3, -0.25) is 14.6 Å². The Kier molecular flexibility index (Phi) is 15.7. The molecule has 0 saturated heterocycles. The van der Waals surface area contributed by atoms with Crippen molar-refractivity contribution in [2.45, 2.75) is 77.0 Å². The average molecular weight is 674 g/mol. The second kappa shape index (κ2) is 18.1. The summed E-state index contributed by atoms with van der Waals surface area (Å²) in [5, 5.41) is 14.7. The van der Waals surface area contributed by atoms with Crippen LogP contribution in [-0.2, 0) is 33.7 Å². The van der Waals surface area contributed by atoms with Crippen molar-refractivity contribution in [3.05, 3.63) is 89.2 Å². The van der Waals surface area contributed by atoms with E-state index in [1.54, 1.807) is 57.5 Å². The van der Waals surface area contributed by atoms with Crippen LogP contribution in [0.1, 0.15) is 62.9 Å². The fourth-order valence-electron chi connectivity index (χ4n) is 4.13. The predicted octanol–water partition coefficient (Wildman–Crippen LogP) is 6.74. The van der Waals surface area contributed by atoms with Crippen molar-refractivity contribution in [3.8, 4) is 11.5 Å². The number of ether oxygens (including phenoxy) is 2. The molecule has 1 heterocycles. The number of aromatic nitrogens is 1. The number of pyridine rings is 1. The van der Waals surface area contributed by atoms with Gasteiger partial charge in [0, 0.05) is 11.8 Å². The molecular formula is C33H41F6N3O5. The first kappa shape index (κ1) is 40.7. The predicted molar refractivity (Wildman–Crippen MR) is 165 cm³/mol. The molecule has 3 rings (SSSR count). The maximum Gasteiger partial charge on any atom is 0.430 e. The number of carbonyl (C=O) groups excluding carboxylic acids is 2. The van der Waals surface area contributed by atoms with Gasteiger partial charge in [-0.1, -0.05) is 57.9 Å². The van der Waals surface area contributed by atoms with E-state index in [-0.39, 0.29) is 30.2 Å². The molecule has 8 nitrogen and oxygen atoms in total. The molecule has 2 aromatic carbocycles. The monoisotopic (exact) mass is 673 g/mol. The summed E-state index contributed by atoms with van der Waals surface area (Å²) in [6.45, 7) is 7.90. The highest BCUT2D eigenvalue weighted by atomic mass is 19.4. The van der Waals surface area contributed by atoms with E-state index in [1.165, 1.54) is 13.5 Å². The molecule has 47 heavy (non-hydrogen) atoms. The van der Waals surface area contributed by atoms with Gasteiger partial charge in [-0.2, -0.15) is 26.3 Å². The molecule has 0 aliphatic carbocycles. The van der Waals surface area contributed by atoms with E-state index in [4.69, 9.17) is 9.47 Å². The molecule has 0 fully saturated rings. The molecule has 0 bridgehead atoms. The summed E-state index contributed by atoms with van der Waals surface area (Å²) in [5.74, 6) is 0.531. The summed E-state index contributed by atoms with van der Waals surface area (Å²) in [7, 11) is 2.82. The van der Waals surface area contributed by atoms with Gasteiger partial charge >= 0.3 is 12.4 Å². The lowest BCUT2D eigenvalue weighted by Gasteiger charge is -2.33. The first-order valence-corrected chi connectivity index (χ1v) is 14.6. The maximum absolute atomic E-state index is 12.8. The van der Waals surface area contributed by atoms with Gasteiger partial charge < -0.3 is 25.2 Å². The Morgan fingerprint density at radius 3 is 1.91 bits per heavy atom. The van der Waals surface area contributed by atoms with Gasteiger partial charge in [0.2, 0.25) is 12.3 Å². The van der Waals surface area contributed by atoms with Crippen molar-refractivity contribution in [2.24, 2.45) is 0 Å². The molecule has 0 radical (unpaired) electrons. The molecule has 0 aliphatic heterocycles. The van der Waals surface area contributed by atoms with E-state index in [2.05, 4.69) is 29.5 Å². The molecule has 3 N–H and O–H groups in total. The summed E-state index contributed by atoms with van der Waals surface area (Å²) >= 11 is 0. The Labute approximate surface area is 270 Å². The molecule has 1 aromatic heterocycles. The molecule has 2 amide bonds. The van der Waals surface area contributed by atoms with Crippen molar-refractivity contribution < 1.29 is 50.5 Å². The Morgan fingerprint density at radius 1 is 0.894 bits per heavy atom. The average Bonchev–Trinajstić information content (AvgIpc) is 3.03. The second-order valence-electron chi connectivity index (χ2n) is 10.3. The zero-order valence-corrected chi connectivity index (χ0v) is 27.1. The van der Waals surface area contributed by atoms with Crippen molar-refractivity contribution >= 4 is 12.3 Å². The first-order chi connectivity index (χ1) is 22.0. The fourth-order valence-corrected chi connectivity index (χ4v) is 4.13. The van der Waals surface area contributed by atoms with Crippen LogP contribution in [0.4, 0.5) is 26.3 Å². The number of amides is 2. The van der Waals surface area contributed by atoms with Crippen LogP contribution >= 0.6 is 0 Å². The van der Waals surface area contributed by atoms with Gasteiger partial charge in [0.15, 0.2) is 0 Å². The number of nitrogens with one attached hydrogen (secondary N) is 2. The largest absolute Gasteiger partial charge is 0.497 e. The van der Waals surface area contributed by atoms with E-state index < -0.39 is 29.1 Å². The van der Waals surface area contributed by atoms with E-state index >= 15 is 0 Å². The van der Waals surface area contributed by atoms with E-state index in [1.807, 2.05) is 12.1 Å². The SMILES string of the molecule is CCC.CCCc1cc(C(O)(C(F)(F)F)C(F)(F)F)ccc1OC.COc1ccc(C(C)(NC=O)C(=O)NCc2ccccn2)cc1. The van der Waals surface area contributed by atoms with Crippen LogP contribution in [0.15, 0.2) is 66.9 Å². The Morgan fingerprint density at radius 2 is 1.47 bits per heavy atom. The number of hydrogen-bond acceptors (Lipinski definition) is 6. The summed E-state index contributed by atoms with van der Waals surface area (Å²) in [4.78, 5) is 27.7. The van der Waals surface area contributed by atoms with Gasteiger partial charge in [-0.05, 0) is 60.9 Å². The van der Waals surface area contributed by atoms with Gasteiger partial charge in [0.25, 0.3) is 5.60 Å². The van der Waals surface area contributed by atoms with Gasteiger partial charge in [0.1, 0.15) is 17.0 Å². The lowest BCUT2D eigenvalue weighted by atomic mass is 9.90. The van der Waals surface area contributed by atoms with Crippen LogP contribution in [0.5, 0.6) is 11.5 Å². The topological polar surface area (TPSA) is 110 Å². The summed E-state index contributed by atoms with van der Waals surface area (Å²) in [6, 6.07) is 14.7. The van der Waals surface area contributed by atoms with Crippen molar-refractivity contribution in [1.29, 1.82) is 0 Å². The normalized spacial score (nSPS) is 12.6. The minimum absolute atomic E-state index is 0.171. The Bertz CT molecular complexity index is 1370. The molecule has 0 saturated carbocycles. The van der Waals surface area contributed by atoms with E-state index in [9.17, 15) is 41.0 Å². The van der Waals surface area contributed by atoms with Crippen LogP contribution < -0.4 is 20.1 Å². The van der Waals surface area contributed by atoms with Gasteiger partial charge in [-0.25, -0.2) is 0 Å². The van der Waals surface area contributed by atoms with Crippen molar-refractivity contribution in [3.63, 3.8) is 0 Å². The standard InChI is InChI=1S/C17H19N3O3.C13H14F6O2.C3H8/c1-17(20-12-21,13-6-8-15(23-2)9-7-13)16(22)19-11-14-5-3-4-10-18-14;1-3-4-8-7-9(5-6-10(8)21-2)11(20,12(14,15)16)13(17,18)19;1-3-2/h3-10,12H,11H2,1-2H3,(H,19,22)(H,20,21);5-7,20H,3-4H2,1-2H3;3H2,1-2H3. The third kappa shape index (κ3) is 10.6. The fraction of sp³-hybridized carbons (Fsp3) is 0.424. The zero-order valence-electron chi connectivity index (χ0n) is 27.1. The van der Waals surface area contributed by atoms with Crippen molar-refractivity contribution in [2.75, 3.05) is 14.2 Å². The van der Waals surface area contributed by atoms with Crippen LogP contribution in [0, 0.1) is 0 Å². The quantitative estimate of drug-likeness (QED) is 0.154. The number of alkyl halides is 6. The lowest BCUT2D eigenvalue weighted by molar-refractivity contribution is -0.376. The molecule has 1 unspecified atom stereocenters. The van der Waals surface area contributed by atoms with E-state index in [0.29, 0.717) is 36.3 Å². The highest BCUT2D eigenvalue weighted by Gasteiger charge is 2.71. The number of benzene rings is 2. The van der Waals surface area contributed by atoms with Gasteiger partial charge in [0.05, 0.1) is 26.5 Å². The number of rotatable bonds is 11. The molecule has 1 atom stereocenters. The zero-order chi connectivity index (χ0) is 35.9. The Balaban J connectivity index is 0.000000435. The second-order valence-corrected chi connectivity index (χ2v) is 10.3. The number of halogens is 6. The molecule has 260 valence electrons. The minimum Gasteiger partial charge on any atom is -0.497 e. The third-order valence-corrected chi connectivity index (χ3v) is 6.66. The van der Waals surface area contributed by atoms with Crippen molar-refractivity contribution in [1.82, 2.24) is 15.6 Å². The summed E-state index contributed by atoms with van der Waals surface area (Å²) < 4.78 is 86.7. The molecule has 14 heteroatoms. The van der Waals surface area contributed by atoms with Crippen LogP contribution in [0.3, 0.4) is 0 Å². The highest BCUT2D eigenvalue weighted by Crippen LogP contribution is 2.50. The first-order valence-electron chi connectivity index (χ1n) is 14.6. The number of hydrogen-bond donors (Lipinski definition) is 3. The van der Waals surface area contributed by atoms with Crippen LogP contribution in [0.25, 0.3) is 0 Å². The summed E-state index contributed by atoms with van der Waals surface area (Å²) in [5.41, 5.74) is -5.79. The summed E-state index contributed by atoms with van der Waals surface area (Å²) in [6.07, 6.45) is -7.62. The molecule has 3 aromatic rings. The maximum atomic E-state index is 12.8. The van der Waals surface area contributed by atoms with Gasteiger partial charge in [-0.15, -0.1) is 0 Å². The highest BCUT2D eigenvalue weighted by molar-refractivity contribution is 5.89. The molecular weight excluding hydrogens is 632 g/mol. The number of aliphatic hydroxyl groups is 1. The minimum atomic E-state index is -5.89. The number of carbonyl (C=O) groups is 2. The van der Waals surface area contributed by atoms with Crippen LogP contribution in [-0.4, -0.2) is 49.0 Å². The Hall–Kier alpha value is -4.33. The lowest BCUT2D eigenvalue weighted by Crippen LogP contribution is -2.53. The molecule has 0 aliphatic rings. The third-order valence-electron chi connectivity index (χ3n) is 6.66. The van der Waals surface area contributed by atoms with E-state index in [0.717, 1.165) is 11.8 Å². The number of methoxy groups -OCH3 is 2. The van der Waals surface area contributed by atoms with Crippen LogP contribution in [0.2, 0.25) is 0 Å². The smallest absolute Gasteiger partial charge is 0.430 e. The number of aryl methyl sites for hydroxylation is 1. The number of nitrogens with zero attached hydrogens (tertiary/aromatic N) is 1.